The molecular formula is C16H18F2N2. The molecule has 0 amide bonds. The minimum Gasteiger partial charge on any atom is -0.384 e. The smallest absolute Gasteiger partial charge is 0.125 e. The molecule has 0 fully saturated rings. The van der Waals surface area contributed by atoms with Crippen molar-refractivity contribution in [1.29, 1.82) is 0 Å². The molecule has 20 heavy (non-hydrogen) atoms. The number of benzene rings is 2. The molecule has 2 rings (SSSR count). The lowest BCUT2D eigenvalue weighted by atomic mass is 10.2. The van der Waals surface area contributed by atoms with Gasteiger partial charge in [0.25, 0.3) is 0 Å². The van der Waals surface area contributed by atoms with E-state index >= 15 is 0 Å². The number of hydrogen-bond acceptors (Lipinski definition) is 2. The summed E-state index contributed by atoms with van der Waals surface area (Å²) in [5.74, 6) is -0.459. The average Bonchev–Trinajstić information content (AvgIpc) is 2.41. The van der Waals surface area contributed by atoms with E-state index in [-0.39, 0.29) is 11.6 Å². The fourth-order valence-corrected chi connectivity index (χ4v) is 1.97. The van der Waals surface area contributed by atoms with Crippen LogP contribution in [-0.2, 0) is 6.54 Å². The van der Waals surface area contributed by atoms with E-state index in [9.17, 15) is 8.78 Å². The van der Waals surface area contributed by atoms with Gasteiger partial charge >= 0.3 is 0 Å². The SMILES string of the molecule is CN(CCNc1cccc(F)c1)Cc1ccc(F)cc1. The Morgan fingerprint density at radius 1 is 1.00 bits per heavy atom. The molecule has 106 valence electrons. The predicted molar refractivity (Wildman–Crippen MR) is 77.6 cm³/mol. The lowest BCUT2D eigenvalue weighted by Gasteiger charge is -2.17. The molecule has 0 radical (unpaired) electrons. The second kappa shape index (κ2) is 7.01. The van der Waals surface area contributed by atoms with Gasteiger partial charge in [0, 0.05) is 25.3 Å². The molecule has 1 N–H and O–H groups in total. The van der Waals surface area contributed by atoms with Crippen molar-refractivity contribution >= 4 is 5.69 Å². The molecule has 0 unspecified atom stereocenters. The third-order valence-corrected chi connectivity index (χ3v) is 3.01. The van der Waals surface area contributed by atoms with E-state index in [0.717, 1.165) is 30.9 Å². The van der Waals surface area contributed by atoms with Crippen LogP contribution in [0.25, 0.3) is 0 Å². The number of hydrogen-bond donors (Lipinski definition) is 1. The van der Waals surface area contributed by atoms with Crippen LogP contribution >= 0.6 is 0 Å². The Morgan fingerprint density at radius 2 is 1.75 bits per heavy atom. The number of likely N-dealkylation sites (N-methyl/N-ethyl adjacent to an activating group) is 1. The summed E-state index contributed by atoms with van der Waals surface area (Å²) in [6, 6.07) is 12.9. The topological polar surface area (TPSA) is 15.3 Å². The molecule has 0 atom stereocenters. The molecule has 0 saturated carbocycles. The fourth-order valence-electron chi connectivity index (χ4n) is 1.97. The van der Waals surface area contributed by atoms with Crippen molar-refractivity contribution in [2.24, 2.45) is 0 Å². The van der Waals surface area contributed by atoms with Crippen molar-refractivity contribution in [3.63, 3.8) is 0 Å². The molecule has 0 aliphatic rings. The van der Waals surface area contributed by atoms with Gasteiger partial charge in [0.1, 0.15) is 11.6 Å². The first-order chi connectivity index (χ1) is 9.63. The summed E-state index contributed by atoms with van der Waals surface area (Å²) < 4.78 is 25.8. The Kier molecular flexibility index (Phi) is 5.07. The molecule has 2 aromatic rings. The van der Waals surface area contributed by atoms with Crippen molar-refractivity contribution in [2.45, 2.75) is 6.54 Å². The van der Waals surface area contributed by atoms with Crippen molar-refractivity contribution in [2.75, 3.05) is 25.5 Å². The van der Waals surface area contributed by atoms with E-state index in [1.807, 2.05) is 13.1 Å². The average molecular weight is 276 g/mol. The zero-order valence-corrected chi connectivity index (χ0v) is 11.4. The van der Waals surface area contributed by atoms with Crippen LogP contribution in [0.1, 0.15) is 5.56 Å². The van der Waals surface area contributed by atoms with Crippen LogP contribution in [0.4, 0.5) is 14.5 Å². The van der Waals surface area contributed by atoms with Crippen LogP contribution in [0.5, 0.6) is 0 Å². The van der Waals surface area contributed by atoms with Gasteiger partial charge in [0.2, 0.25) is 0 Å². The molecule has 0 bridgehead atoms. The van der Waals surface area contributed by atoms with Gasteiger partial charge < -0.3 is 10.2 Å². The highest BCUT2D eigenvalue weighted by Crippen LogP contribution is 2.09. The normalized spacial score (nSPS) is 10.8. The van der Waals surface area contributed by atoms with Gasteiger partial charge in [-0.2, -0.15) is 0 Å². The van der Waals surface area contributed by atoms with Gasteiger partial charge in [-0.25, -0.2) is 8.78 Å². The van der Waals surface area contributed by atoms with E-state index in [1.165, 1.54) is 24.3 Å². The van der Waals surface area contributed by atoms with Gasteiger partial charge in [-0.1, -0.05) is 18.2 Å². The van der Waals surface area contributed by atoms with Crippen molar-refractivity contribution in [1.82, 2.24) is 4.90 Å². The molecule has 0 aromatic heterocycles. The van der Waals surface area contributed by atoms with Crippen molar-refractivity contribution in [3.8, 4) is 0 Å². The van der Waals surface area contributed by atoms with Gasteiger partial charge in [0.05, 0.1) is 0 Å². The van der Waals surface area contributed by atoms with Crippen LogP contribution in [0.15, 0.2) is 48.5 Å². The number of nitrogens with zero attached hydrogens (tertiary/aromatic N) is 1. The Hall–Kier alpha value is -1.94. The summed E-state index contributed by atoms with van der Waals surface area (Å²) in [6.07, 6.45) is 0. The molecule has 0 saturated heterocycles. The van der Waals surface area contributed by atoms with Gasteiger partial charge in [-0.05, 0) is 42.9 Å². The molecule has 2 aromatic carbocycles. The van der Waals surface area contributed by atoms with E-state index in [1.54, 1.807) is 18.2 Å². The van der Waals surface area contributed by atoms with Crippen LogP contribution in [0.2, 0.25) is 0 Å². The highest BCUT2D eigenvalue weighted by molar-refractivity contribution is 5.42. The summed E-state index contributed by atoms with van der Waals surface area (Å²) >= 11 is 0. The molecule has 0 spiro atoms. The third-order valence-electron chi connectivity index (χ3n) is 3.01. The highest BCUT2D eigenvalue weighted by atomic mass is 19.1. The van der Waals surface area contributed by atoms with Gasteiger partial charge in [0.15, 0.2) is 0 Å². The Bertz CT molecular complexity index is 540. The maximum absolute atomic E-state index is 13.0. The number of halogens is 2. The van der Waals surface area contributed by atoms with E-state index in [4.69, 9.17) is 0 Å². The van der Waals surface area contributed by atoms with Crippen LogP contribution in [-0.4, -0.2) is 25.0 Å². The van der Waals surface area contributed by atoms with Crippen molar-refractivity contribution in [3.05, 3.63) is 65.7 Å². The Balaban J connectivity index is 1.75. The van der Waals surface area contributed by atoms with Gasteiger partial charge in [-0.3, -0.25) is 0 Å². The zero-order chi connectivity index (χ0) is 14.4. The lowest BCUT2D eigenvalue weighted by molar-refractivity contribution is 0.340. The van der Waals surface area contributed by atoms with E-state index < -0.39 is 0 Å². The first-order valence-corrected chi connectivity index (χ1v) is 6.56. The summed E-state index contributed by atoms with van der Waals surface area (Å²) in [5.41, 5.74) is 1.85. The summed E-state index contributed by atoms with van der Waals surface area (Å²) in [5, 5.41) is 3.17. The monoisotopic (exact) mass is 276 g/mol. The maximum atomic E-state index is 13.0. The highest BCUT2D eigenvalue weighted by Gasteiger charge is 2.01. The Morgan fingerprint density at radius 3 is 2.45 bits per heavy atom. The number of nitrogens with one attached hydrogen (secondary N) is 1. The van der Waals surface area contributed by atoms with Crippen molar-refractivity contribution < 1.29 is 8.78 Å². The standard InChI is InChI=1S/C16H18F2N2/c1-20(12-13-5-7-14(17)8-6-13)10-9-19-16-4-2-3-15(18)11-16/h2-8,11,19H,9-10,12H2,1H3. The largest absolute Gasteiger partial charge is 0.384 e. The van der Waals surface area contributed by atoms with Gasteiger partial charge in [-0.15, -0.1) is 0 Å². The quantitative estimate of drug-likeness (QED) is 0.868. The maximum Gasteiger partial charge on any atom is 0.125 e. The summed E-state index contributed by atoms with van der Waals surface area (Å²) in [6.45, 7) is 2.29. The molecule has 0 aliphatic carbocycles. The Labute approximate surface area is 118 Å². The number of anilines is 1. The molecular weight excluding hydrogens is 258 g/mol. The minimum absolute atomic E-state index is 0.218. The minimum atomic E-state index is -0.241. The third kappa shape index (κ3) is 4.63. The zero-order valence-electron chi connectivity index (χ0n) is 11.4. The second-order valence-electron chi connectivity index (χ2n) is 4.80. The fraction of sp³-hybridized carbons (Fsp3) is 0.250. The molecule has 4 heteroatoms. The number of rotatable bonds is 6. The predicted octanol–water partition coefficient (Wildman–Crippen LogP) is 3.51. The first-order valence-electron chi connectivity index (χ1n) is 6.56. The van der Waals surface area contributed by atoms with Crippen LogP contribution < -0.4 is 5.32 Å². The second-order valence-corrected chi connectivity index (χ2v) is 4.80. The molecule has 2 nitrogen and oxygen atoms in total. The van der Waals surface area contributed by atoms with E-state index in [0.29, 0.717) is 0 Å². The van der Waals surface area contributed by atoms with E-state index in [2.05, 4.69) is 10.2 Å². The lowest BCUT2D eigenvalue weighted by Crippen LogP contribution is -2.24. The molecule has 0 heterocycles. The van der Waals surface area contributed by atoms with Crippen LogP contribution in [0.3, 0.4) is 0 Å². The summed E-state index contributed by atoms with van der Waals surface area (Å²) in [7, 11) is 2.00. The summed E-state index contributed by atoms with van der Waals surface area (Å²) in [4.78, 5) is 2.12. The molecule has 0 aliphatic heterocycles. The first kappa shape index (κ1) is 14.5. The van der Waals surface area contributed by atoms with Crippen LogP contribution in [0, 0.1) is 11.6 Å².